The van der Waals surface area contributed by atoms with Gasteiger partial charge in [-0.2, -0.15) is 5.10 Å². The fraction of sp³-hybridized carbons (Fsp3) is 0.769. The van der Waals surface area contributed by atoms with Crippen LogP contribution < -0.4 is 5.32 Å². The van der Waals surface area contributed by atoms with Crippen molar-refractivity contribution < 1.29 is 4.74 Å². The normalized spacial score (nSPS) is 14.8. The van der Waals surface area contributed by atoms with Crippen LogP contribution >= 0.6 is 0 Å². The molecule has 0 fully saturated rings. The minimum atomic E-state index is 0.462. The van der Waals surface area contributed by atoms with Crippen molar-refractivity contribution >= 4 is 0 Å². The van der Waals surface area contributed by atoms with Gasteiger partial charge in [-0.25, -0.2) is 0 Å². The van der Waals surface area contributed by atoms with Crippen molar-refractivity contribution in [3.05, 3.63) is 18.0 Å². The third-order valence-corrected chi connectivity index (χ3v) is 3.09. The van der Waals surface area contributed by atoms with Crippen LogP contribution in [0.5, 0.6) is 0 Å². The van der Waals surface area contributed by atoms with Crippen LogP contribution in [0, 0.1) is 0 Å². The molecule has 0 bridgehead atoms. The highest BCUT2D eigenvalue weighted by Gasteiger charge is 2.06. The van der Waals surface area contributed by atoms with E-state index in [1.807, 2.05) is 4.68 Å². The number of ether oxygens (including phenoxy) is 1. The van der Waals surface area contributed by atoms with Gasteiger partial charge in [0.2, 0.25) is 0 Å². The average molecular weight is 239 g/mol. The maximum absolute atomic E-state index is 5.05. The summed E-state index contributed by atoms with van der Waals surface area (Å²) in [5, 5.41) is 8.00. The molecule has 0 aromatic carbocycles. The van der Waals surface area contributed by atoms with Crippen LogP contribution in [0.1, 0.15) is 45.3 Å². The van der Waals surface area contributed by atoms with Crippen LogP contribution in [0.3, 0.4) is 0 Å². The molecular formula is C13H25N3O. The lowest BCUT2D eigenvalue weighted by Gasteiger charge is -2.12. The van der Waals surface area contributed by atoms with Crippen LogP contribution in [0.25, 0.3) is 0 Å². The molecule has 4 nitrogen and oxygen atoms in total. The van der Waals surface area contributed by atoms with Gasteiger partial charge in [-0.05, 0) is 32.8 Å². The average Bonchev–Trinajstić information content (AvgIpc) is 2.81. The van der Waals surface area contributed by atoms with E-state index in [-0.39, 0.29) is 0 Å². The molecule has 0 saturated carbocycles. The van der Waals surface area contributed by atoms with Gasteiger partial charge >= 0.3 is 0 Å². The van der Waals surface area contributed by atoms with Crippen molar-refractivity contribution in [2.24, 2.45) is 0 Å². The Balaban J connectivity index is 2.34. The van der Waals surface area contributed by atoms with Crippen LogP contribution in [-0.2, 0) is 11.3 Å². The maximum Gasteiger partial charge on any atom is 0.0762 e. The molecule has 0 aliphatic carbocycles. The molecule has 17 heavy (non-hydrogen) atoms. The van der Waals surface area contributed by atoms with Gasteiger partial charge in [0.25, 0.3) is 0 Å². The Labute approximate surface area is 104 Å². The summed E-state index contributed by atoms with van der Waals surface area (Å²) in [6.45, 7) is 8.16. The van der Waals surface area contributed by atoms with Crippen molar-refractivity contribution in [3.8, 4) is 0 Å². The Morgan fingerprint density at radius 1 is 1.47 bits per heavy atom. The van der Waals surface area contributed by atoms with Gasteiger partial charge in [-0.1, -0.05) is 6.92 Å². The lowest BCUT2D eigenvalue weighted by molar-refractivity contribution is 0.184. The fourth-order valence-corrected chi connectivity index (χ4v) is 1.58. The molecule has 0 aliphatic heterocycles. The summed E-state index contributed by atoms with van der Waals surface area (Å²) in [6, 6.07) is 3.03. The lowest BCUT2D eigenvalue weighted by atomic mass is 10.2. The minimum Gasteiger partial charge on any atom is -0.385 e. The second-order valence-corrected chi connectivity index (χ2v) is 4.61. The Kier molecular flexibility index (Phi) is 6.22. The number of aromatic nitrogens is 2. The van der Waals surface area contributed by atoms with E-state index < -0.39 is 0 Å². The largest absolute Gasteiger partial charge is 0.385 e. The van der Waals surface area contributed by atoms with Gasteiger partial charge in [0.15, 0.2) is 0 Å². The number of hydrogen-bond acceptors (Lipinski definition) is 3. The smallest absolute Gasteiger partial charge is 0.0762 e. The first-order valence-corrected chi connectivity index (χ1v) is 6.43. The second-order valence-electron chi connectivity index (χ2n) is 4.61. The molecule has 98 valence electrons. The Morgan fingerprint density at radius 2 is 2.24 bits per heavy atom. The van der Waals surface area contributed by atoms with Gasteiger partial charge in [0, 0.05) is 38.5 Å². The third kappa shape index (κ3) is 4.88. The highest BCUT2D eigenvalue weighted by atomic mass is 16.5. The molecule has 0 radical (unpaired) electrons. The standard InChI is InChI=1S/C13H25N3O/c1-5-12(3)16-8-6-13(15-16)10-14-11(2)7-9-17-4/h6,8,11-12,14H,5,7,9-10H2,1-4H3. The summed E-state index contributed by atoms with van der Waals surface area (Å²) in [6.07, 6.45) is 4.20. The van der Waals surface area contributed by atoms with E-state index in [2.05, 4.69) is 43.4 Å². The van der Waals surface area contributed by atoms with E-state index in [0.29, 0.717) is 12.1 Å². The van der Waals surface area contributed by atoms with Gasteiger partial charge in [0.05, 0.1) is 5.69 Å². The van der Waals surface area contributed by atoms with E-state index in [1.54, 1.807) is 7.11 Å². The monoisotopic (exact) mass is 239 g/mol. The molecule has 0 saturated heterocycles. The number of nitrogens with zero attached hydrogens (tertiary/aromatic N) is 2. The predicted octanol–water partition coefficient (Wildman–Crippen LogP) is 2.37. The van der Waals surface area contributed by atoms with Crippen molar-refractivity contribution in [2.75, 3.05) is 13.7 Å². The molecular weight excluding hydrogens is 214 g/mol. The highest BCUT2D eigenvalue weighted by molar-refractivity contribution is 4.99. The summed E-state index contributed by atoms with van der Waals surface area (Å²) in [4.78, 5) is 0. The number of rotatable bonds is 8. The summed E-state index contributed by atoms with van der Waals surface area (Å²) in [7, 11) is 1.74. The summed E-state index contributed by atoms with van der Waals surface area (Å²) in [5.41, 5.74) is 1.11. The third-order valence-electron chi connectivity index (χ3n) is 3.09. The van der Waals surface area contributed by atoms with Crippen molar-refractivity contribution in [1.29, 1.82) is 0 Å². The van der Waals surface area contributed by atoms with E-state index in [9.17, 15) is 0 Å². The van der Waals surface area contributed by atoms with Gasteiger partial charge < -0.3 is 10.1 Å². The molecule has 1 aromatic rings. The van der Waals surface area contributed by atoms with Crippen LogP contribution in [0.15, 0.2) is 12.3 Å². The fourth-order valence-electron chi connectivity index (χ4n) is 1.58. The minimum absolute atomic E-state index is 0.462. The molecule has 1 N–H and O–H groups in total. The molecule has 1 rings (SSSR count). The first kappa shape index (κ1) is 14.2. The summed E-state index contributed by atoms with van der Waals surface area (Å²) < 4.78 is 7.09. The van der Waals surface area contributed by atoms with E-state index in [1.165, 1.54) is 0 Å². The molecule has 1 heterocycles. The van der Waals surface area contributed by atoms with Crippen molar-refractivity contribution in [2.45, 2.75) is 52.2 Å². The van der Waals surface area contributed by atoms with Gasteiger partial charge in [-0.15, -0.1) is 0 Å². The number of nitrogens with one attached hydrogen (secondary N) is 1. The van der Waals surface area contributed by atoms with Crippen LogP contribution in [-0.4, -0.2) is 29.5 Å². The maximum atomic E-state index is 5.05. The Hall–Kier alpha value is -0.870. The van der Waals surface area contributed by atoms with Crippen LogP contribution in [0.4, 0.5) is 0 Å². The molecule has 2 atom stereocenters. The first-order valence-electron chi connectivity index (χ1n) is 6.43. The van der Waals surface area contributed by atoms with Crippen molar-refractivity contribution in [3.63, 3.8) is 0 Å². The Bertz CT molecular complexity index is 311. The predicted molar refractivity (Wildman–Crippen MR) is 70.0 cm³/mol. The summed E-state index contributed by atoms with van der Waals surface area (Å²) >= 11 is 0. The van der Waals surface area contributed by atoms with E-state index in [0.717, 1.165) is 31.7 Å². The Morgan fingerprint density at radius 3 is 2.88 bits per heavy atom. The first-order chi connectivity index (χ1) is 8.17. The zero-order valence-corrected chi connectivity index (χ0v) is 11.4. The quantitative estimate of drug-likeness (QED) is 0.757. The molecule has 2 unspecified atom stereocenters. The summed E-state index contributed by atoms with van der Waals surface area (Å²) in [5.74, 6) is 0. The lowest BCUT2D eigenvalue weighted by Crippen LogP contribution is -2.26. The molecule has 0 amide bonds. The number of hydrogen-bond donors (Lipinski definition) is 1. The van der Waals surface area contributed by atoms with Crippen molar-refractivity contribution in [1.82, 2.24) is 15.1 Å². The molecule has 1 aromatic heterocycles. The van der Waals surface area contributed by atoms with Gasteiger partial charge in [-0.3, -0.25) is 4.68 Å². The van der Waals surface area contributed by atoms with Crippen LogP contribution in [0.2, 0.25) is 0 Å². The van der Waals surface area contributed by atoms with Gasteiger partial charge in [0.1, 0.15) is 0 Å². The SMILES string of the molecule is CCC(C)n1ccc(CNC(C)CCOC)n1. The van der Waals surface area contributed by atoms with E-state index in [4.69, 9.17) is 4.74 Å². The van der Waals surface area contributed by atoms with E-state index >= 15 is 0 Å². The molecule has 0 spiro atoms. The molecule has 0 aliphatic rings. The topological polar surface area (TPSA) is 39.1 Å². The highest BCUT2D eigenvalue weighted by Crippen LogP contribution is 2.09. The second kappa shape index (κ2) is 7.45. The molecule has 4 heteroatoms. The zero-order chi connectivity index (χ0) is 12.7. The number of methoxy groups -OCH3 is 1. The zero-order valence-electron chi connectivity index (χ0n) is 11.4.